The first-order valence-corrected chi connectivity index (χ1v) is 19.5. The Hall–Kier alpha value is 0.0538. The summed E-state index contributed by atoms with van der Waals surface area (Å²) in [6.07, 6.45) is 20.7. The van der Waals surface area contributed by atoms with Crippen molar-refractivity contribution in [3.63, 3.8) is 0 Å². The van der Waals surface area contributed by atoms with Crippen LogP contribution in [0.15, 0.2) is 12.2 Å². The molecule has 0 heterocycles. The van der Waals surface area contributed by atoms with Crippen LogP contribution in [-0.4, -0.2) is 42.6 Å². The summed E-state index contributed by atoms with van der Waals surface area (Å²) in [6.45, 7) is 17.8. The van der Waals surface area contributed by atoms with E-state index in [9.17, 15) is 0 Å². The van der Waals surface area contributed by atoms with Crippen LogP contribution >= 0.6 is 0 Å². The molecule has 0 radical (unpaired) electrons. The minimum absolute atomic E-state index is 0.0862. The Balaban J connectivity index is 3.61. The van der Waals surface area contributed by atoms with Gasteiger partial charge in [-0.1, -0.05) is 64.0 Å². The smallest absolute Gasteiger partial charge is 0.184 e. The molecule has 3 nitrogen and oxygen atoms in total. The molecule has 0 aromatic rings. The van der Waals surface area contributed by atoms with Gasteiger partial charge < -0.3 is 13.6 Å². The van der Waals surface area contributed by atoms with Crippen molar-refractivity contribution in [2.75, 3.05) is 19.8 Å². The van der Waals surface area contributed by atoms with Gasteiger partial charge in [-0.3, -0.25) is 0 Å². The van der Waals surface area contributed by atoms with Gasteiger partial charge in [0.05, 0.1) is 19.3 Å². The molecule has 0 amide bonds. The molecule has 180 valence electrons. The van der Waals surface area contributed by atoms with Crippen molar-refractivity contribution in [3.8, 4) is 0 Å². The number of allylic oxidation sites excluding steroid dienone is 2. The molecule has 0 bridgehead atoms. The molecule has 0 aromatic heterocycles. The summed E-state index contributed by atoms with van der Waals surface area (Å²) < 4.78 is 18.3. The van der Waals surface area contributed by atoms with E-state index in [2.05, 4.69) is 58.4 Å². The summed E-state index contributed by atoms with van der Waals surface area (Å²) in [4.78, 5) is 0. The lowest BCUT2D eigenvalue weighted by atomic mass is 10.1. The van der Waals surface area contributed by atoms with Gasteiger partial charge in [0.2, 0.25) is 0 Å². The van der Waals surface area contributed by atoms with E-state index in [0.29, 0.717) is 13.2 Å². The number of unbranched alkanes of at least 4 members (excludes halogenated alkanes) is 10. The van der Waals surface area contributed by atoms with Crippen molar-refractivity contribution in [3.05, 3.63) is 12.2 Å². The molecule has 30 heavy (non-hydrogen) atoms. The maximum absolute atomic E-state index is 6.26. The third kappa shape index (κ3) is 24.3. The molecule has 0 aliphatic carbocycles. The van der Waals surface area contributed by atoms with Crippen LogP contribution in [0.4, 0.5) is 0 Å². The predicted octanol–water partition coefficient (Wildman–Crippen LogP) is 8.33. The number of hydrogen-bond donors (Lipinski definition) is 0. The van der Waals surface area contributed by atoms with E-state index in [0.717, 1.165) is 13.0 Å². The Labute approximate surface area is 191 Å². The third-order valence-corrected chi connectivity index (χ3v) is 6.90. The van der Waals surface area contributed by atoms with Crippen LogP contribution < -0.4 is 0 Å². The van der Waals surface area contributed by atoms with E-state index in [1.807, 2.05) is 0 Å². The van der Waals surface area contributed by atoms with Gasteiger partial charge in [-0.2, -0.15) is 0 Å². The Kier molecular flexibility index (Phi) is 18.6. The van der Waals surface area contributed by atoms with Crippen molar-refractivity contribution in [1.29, 1.82) is 0 Å². The first-order valence-electron chi connectivity index (χ1n) is 12.7. The molecule has 0 aromatic carbocycles. The van der Waals surface area contributed by atoms with Crippen LogP contribution in [0.2, 0.25) is 39.3 Å². The van der Waals surface area contributed by atoms with Crippen LogP contribution in [0.1, 0.15) is 84.0 Å². The van der Waals surface area contributed by atoms with Crippen LogP contribution in [0.5, 0.6) is 0 Å². The lowest BCUT2D eigenvalue weighted by Gasteiger charge is -2.29. The van der Waals surface area contributed by atoms with Crippen LogP contribution in [0, 0.1) is 0 Å². The third-order valence-electron chi connectivity index (χ3n) is 4.83. The monoisotopic (exact) mass is 458 g/mol. The SMILES string of the molecule is CCCCCC/C=C/CCCCCCCCOCC(CO[Si](C)(C)C)O[Si](C)(C)C. The normalized spacial score (nSPS) is 14.0. The highest BCUT2D eigenvalue weighted by atomic mass is 28.4. The molecule has 1 unspecified atom stereocenters. The van der Waals surface area contributed by atoms with Gasteiger partial charge in [0.1, 0.15) is 0 Å². The number of hydrogen-bond acceptors (Lipinski definition) is 3. The first-order chi connectivity index (χ1) is 14.1. The Morgan fingerprint density at radius 3 is 1.70 bits per heavy atom. The molecule has 5 heteroatoms. The van der Waals surface area contributed by atoms with E-state index < -0.39 is 16.6 Å². The van der Waals surface area contributed by atoms with Gasteiger partial charge in [-0.25, -0.2) is 0 Å². The van der Waals surface area contributed by atoms with Crippen LogP contribution in [-0.2, 0) is 13.6 Å². The average molecular weight is 459 g/mol. The first kappa shape index (κ1) is 30.1. The fourth-order valence-electron chi connectivity index (χ4n) is 3.27. The van der Waals surface area contributed by atoms with Crippen LogP contribution in [0.25, 0.3) is 0 Å². The molecule has 0 rings (SSSR count). The summed E-state index contributed by atoms with van der Waals surface area (Å²) in [6, 6.07) is 0. The molecule has 0 saturated carbocycles. The molecular weight excluding hydrogens is 404 g/mol. The van der Waals surface area contributed by atoms with Gasteiger partial charge in [0, 0.05) is 6.61 Å². The zero-order valence-corrected chi connectivity index (χ0v) is 23.6. The summed E-state index contributed by atoms with van der Waals surface area (Å²) in [5.74, 6) is 0. The van der Waals surface area contributed by atoms with Gasteiger partial charge in [-0.05, 0) is 71.4 Å². The largest absolute Gasteiger partial charge is 0.415 e. The van der Waals surface area contributed by atoms with Gasteiger partial charge >= 0.3 is 0 Å². The minimum Gasteiger partial charge on any atom is -0.415 e. The maximum Gasteiger partial charge on any atom is 0.184 e. The highest BCUT2D eigenvalue weighted by molar-refractivity contribution is 6.70. The zero-order chi connectivity index (χ0) is 22.7. The molecule has 1 atom stereocenters. The minimum atomic E-state index is -1.58. The highest BCUT2D eigenvalue weighted by Crippen LogP contribution is 2.12. The van der Waals surface area contributed by atoms with Crippen molar-refractivity contribution >= 4 is 16.6 Å². The zero-order valence-electron chi connectivity index (χ0n) is 21.6. The summed E-state index contributed by atoms with van der Waals surface area (Å²) in [5.41, 5.74) is 0. The fraction of sp³-hybridized carbons (Fsp3) is 0.920. The molecule has 0 aliphatic rings. The molecule has 0 saturated heterocycles. The summed E-state index contributed by atoms with van der Waals surface area (Å²) >= 11 is 0. The second-order valence-electron chi connectivity index (χ2n) is 10.6. The standard InChI is InChI=1S/C25H54O3Si2/c1-8-9-10-11-12-13-14-15-16-17-18-19-20-21-22-26-23-25(28-30(5,6)7)24-27-29(2,3)4/h13-14,25H,8-12,15-24H2,1-7H3/b14-13+. The predicted molar refractivity (Wildman–Crippen MR) is 139 cm³/mol. The maximum atomic E-state index is 6.26. The van der Waals surface area contributed by atoms with Crippen molar-refractivity contribution < 1.29 is 13.6 Å². The topological polar surface area (TPSA) is 27.7 Å². The van der Waals surface area contributed by atoms with Crippen molar-refractivity contribution in [2.45, 2.75) is 129 Å². The summed E-state index contributed by atoms with van der Waals surface area (Å²) in [7, 11) is -3.09. The van der Waals surface area contributed by atoms with Gasteiger partial charge in [0.15, 0.2) is 16.6 Å². The fourth-order valence-corrected chi connectivity index (χ4v) is 5.09. The van der Waals surface area contributed by atoms with Gasteiger partial charge in [0.25, 0.3) is 0 Å². The molecule has 0 fully saturated rings. The lowest BCUT2D eigenvalue weighted by molar-refractivity contribution is 0.0190. The Morgan fingerprint density at radius 2 is 1.17 bits per heavy atom. The van der Waals surface area contributed by atoms with E-state index in [-0.39, 0.29) is 6.10 Å². The van der Waals surface area contributed by atoms with E-state index in [1.54, 1.807) is 0 Å². The highest BCUT2D eigenvalue weighted by Gasteiger charge is 2.24. The second kappa shape index (κ2) is 18.6. The number of rotatable bonds is 21. The van der Waals surface area contributed by atoms with E-state index in [4.69, 9.17) is 13.6 Å². The van der Waals surface area contributed by atoms with Crippen molar-refractivity contribution in [2.24, 2.45) is 0 Å². The summed E-state index contributed by atoms with van der Waals surface area (Å²) in [5, 5.41) is 0. The molecule has 0 aliphatic heterocycles. The average Bonchev–Trinajstić information content (AvgIpc) is 2.64. The molecular formula is C25H54O3Si2. The number of ether oxygens (including phenoxy) is 1. The van der Waals surface area contributed by atoms with E-state index >= 15 is 0 Å². The van der Waals surface area contributed by atoms with E-state index in [1.165, 1.54) is 70.6 Å². The second-order valence-corrected chi connectivity index (χ2v) is 19.6. The lowest BCUT2D eigenvalue weighted by Crippen LogP contribution is -2.40. The molecule has 0 spiro atoms. The van der Waals surface area contributed by atoms with Crippen LogP contribution in [0.3, 0.4) is 0 Å². The van der Waals surface area contributed by atoms with Crippen molar-refractivity contribution in [1.82, 2.24) is 0 Å². The van der Waals surface area contributed by atoms with Gasteiger partial charge in [-0.15, -0.1) is 0 Å². The quantitative estimate of drug-likeness (QED) is 0.0982. The molecule has 0 N–H and O–H groups in total. The Bertz CT molecular complexity index is 400. The Morgan fingerprint density at radius 1 is 0.633 bits per heavy atom.